The lowest BCUT2D eigenvalue weighted by Crippen LogP contribution is -2.12. The minimum absolute atomic E-state index is 0.0720. The standard InChI is InChI=1S/C15H19FO2/c1-3-10-4-5-11(8-10)15(17)12-6-7-14(18-2)13(16)9-12/h6-7,9-11H,3-5,8H2,1-2H3. The molecule has 2 nitrogen and oxygen atoms in total. The third kappa shape index (κ3) is 2.55. The van der Waals surface area contributed by atoms with Crippen LogP contribution < -0.4 is 4.74 Å². The summed E-state index contributed by atoms with van der Waals surface area (Å²) in [6.07, 6.45) is 4.13. The molecule has 1 aliphatic carbocycles. The number of ether oxygens (including phenoxy) is 1. The molecular weight excluding hydrogens is 231 g/mol. The van der Waals surface area contributed by atoms with Crippen LogP contribution in [0, 0.1) is 17.7 Å². The van der Waals surface area contributed by atoms with Gasteiger partial charge in [0.05, 0.1) is 7.11 Å². The highest BCUT2D eigenvalue weighted by Crippen LogP contribution is 2.35. The number of hydrogen-bond donors (Lipinski definition) is 0. The largest absolute Gasteiger partial charge is 0.494 e. The van der Waals surface area contributed by atoms with Crippen molar-refractivity contribution in [3.63, 3.8) is 0 Å². The van der Waals surface area contributed by atoms with Crippen LogP contribution in [0.3, 0.4) is 0 Å². The monoisotopic (exact) mass is 250 g/mol. The molecule has 1 saturated carbocycles. The predicted molar refractivity (Wildman–Crippen MR) is 68.4 cm³/mol. The van der Waals surface area contributed by atoms with E-state index in [1.54, 1.807) is 6.07 Å². The van der Waals surface area contributed by atoms with Crippen molar-refractivity contribution >= 4 is 5.78 Å². The van der Waals surface area contributed by atoms with E-state index in [4.69, 9.17) is 4.74 Å². The van der Waals surface area contributed by atoms with Crippen molar-refractivity contribution in [1.82, 2.24) is 0 Å². The second kappa shape index (κ2) is 5.51. The molecule has 0 spiro atoms. The molecule has 3 heteroatoms. The van der Waals surface area contributed by atoms with Crippen LogP contribution >= 0.6 is 0 Å². The predicted octanol–water partition coefficient (Wildman–Crippen LogP) is 3.84. The van der Waals surface area contributed by atoms with E-state index in [9.17, 15) is 9.18 Å². The van der Waals surface area contributed by atoms with Crippen molar-refractivity contribution in [3.05, 3.63) is 29.6 Å². The molecule has 2 rings (SSSR count). The Morgan fingerprint density at radius 2 is 2.22 bits per heavy atom. The maximum absolute atomic E-state index is 13.6. The fraction of sp³-hybridized carbons (Fsp3) is 0.533. The first-order valence-electron chi connectivity index (χ1n) is 6.53. The lowest BCUT2D eigenvalue weighted by molar-refractivity contribution is 0.0919. The molecule has 0 aliphatic heterocycles. The number of halogens is 1. The molecule has 2 atom stereocenters. The lowest BCUT2D eigenvalue weighted by atomic mass is 9.94. The van der Waals surface area contributed by atoms with Gasteiger partial charge in [0.2, 0.25) is 0 Å². The van der Waals surface area contributed by atoms with Crippen LogP contribution in [-0.4, -0.2) is 12.9 Å². The normalized spacial score (nSPS) is 23.1. The summed E-state index contributed by atoms with van der Waals surface area (Å²) in [5.41, 5.74) is 0.468. The lowest BCUT2D eigenvalue weighted by Gasteiger charge is -2.10. The zero-order valence-corrected chi connectivity index (χ0v) is 10.9. The Bertz CT molecular complexity index is 442. The van der Waals surface area contributed by atoms with Gasteiger partial charge >= 0.3 is 0 Å². The molecule has 1 aliphatic rings. The fourth-order valence-electron chi connectivity index (χ4n) is 2.74. The van der Waals surface area contributed by atoms with Gasteiger partial charge in [-0.1, -0.05) is 13.3 Å². The molecule has 0 amide bonds. The Morgan fingerprint density at radius 3 is 2.78 bits per heavy atom. The molecule has 1 aromatic carbocycles. The van der Waals surface area contributed by atoms with Crippen LogP contribution in [0.15, 0.2) is 18.2 Å². The van der Waals surface area contributed by atoms with Crippen LogP contribution in [-0.2, 0) is 0 Å². The zero-order valence-electron chi connectivity index (χ0n) is 10.9. The number of hydrogen-bond acceptors (Lipinski definition) is 2. The van der Waals surface area contributed by atoms with E-state index < -0.39 is 5.82 Å². The summed E-state index contributed by atoms with van der Waals surface area (Å²) < 4.78 is 18.4. The Labute approximate surface area is 107 Å². The second-order valence-electron chi connectivity index (χ2n) is 5.00. The van der Waals surface area contributed by atoms with Gasteiger partial charge in [0.15, 0.2) is 17.3 Å². The highest BCUT2D eigenvalue weighted by atomic mass is 19.1. The van der Waals surface area contributed by atoms with Crippen molar-refractivity contribution in [1.29, 1.82) is 0 Å². The van der Waals surface area contributed by atoms with E-state index >= 15 is 0 Å². The fourth-order valence-corrected chi connectivity index (χ4v) is 2.74. The Kier molecular flexibility index (Phi) is 4.00. The number of carbonyl (C=O) groups is 1. The van der Waals surface area contributed by atoms with E-state index in [1.807, 2.05) is 0 Å². The van der Waals surface area contributed by atoms with Crippen molar-refractivity contribution in [3.8, 4) is 5.75 Å². The van der Waals surface area contributed by atoms with Gasteiger partial charge in [-0.3, -0.25) is 4.79 Å². The molecule has 98 valence electrons. The summed E-state index contributed by atoms with van der Waals surface area (Å²) in [5.74, 6) is 0.523. The summed E-state index contributed by atoms with van der Waals surface area (Å²) in [6.45, 7) is 2.16. The Balaban J connectivity index is 2.12. The van der Waals surface area contributed by atoms with Gasteiger partial charge in [-0.2, -0.15) is 0 Å². The van der Waals surface area contributed by atoms with Crippen LogP contribution in [0.2, 0.25) is 0 Å². The zero-order chi connectivity index (χ0) is 13.1. The molecule has 0 radical (unpaired) electrons. The molecule has 0 saturated heterocycles. The molecule has 1 fully saturated rings. The summed E-state index contributed by atoms with van der Waals surface area (Å²) in [4.78, 5) is 12.3. The van der Waals surface area contributed by atoms with Gasteiger partial charge < -0.3 is 4.74 Å². The number of rotatable bonds is 4. The summed E-state index contributed by atoms with van der Waals surface area (Å²) >= 11 is 0. The van der Waals surface area contributed by atoms with Gasteiger partial charge in [-0.25, -0.2) is 4.39 Å². The van der Waals surface area contributed by atoms with Crippen molar-refractivity contribution in [2.75, 3.05) is 7.11 Å². The number of benzene rings is 1. The summed E-state index contributed by atoms with van der Waals surface area (Å²) in [5, 5.41) is 0. The number of Topliss-reactive ketones (excluding diaryl/α,β-unsaturated/α-hetero) is 1. The first-order valence-corrected chi connectivity index (χ1v) is 6.53. The minimum Gasteiger partial charge on any atom is -0.494 e. The van der Waals surface area contributed by atoms with Crippen molar-refractivity contribution < 1.29 is 13.9 Å². The topological polar surface area (TPSA) is 26.3 Å². The van der Waals surface area contributed by atoms with E-state index in [-0.39, 0.29) is 17.5 Å². The van der Waals surface area contributed by atoms with Gasteiger partial charge in [-0.15, -0.1) is 0 Å². The first kappa shape index (κ1) is 13.1. The number of methoxy groups -OCH3 is 1. The van der Waals surface area contributed by atoms with E-state index in [1.165, 1.54) is 19.2 Å². The molecule has 0 N–H and O–H groups in total. The smallest absolute Gasteiger partial charge is 0.166 e. The van der Waals surface area contributed by atoms with Gasteiger partial charge in [0, 0.05) is 11.5 Å². The molecule has 0 aromatic heterocycles. The number of ketones is 1. The maximum atomic E-state index is 13.6. The third-order valence-electron chi connectivity index (χ3n) is 3.93. The second-order valence-corrected chi connectivity index (χ2v) is 5.00. The van der Waals surface area contributed by atoms with Crippen LogP contribution in [0.5, 0.6) is 5.75 Å². The SMILES string of the molecule is CCC1CCC(C(=O)c2ccc(OC)c(F)c2)C1. The van der Waals surface area contributed by atoms with Crippen molar-refractivity contribution in [2.24, 2.45) is 11.8 Å². The van der Waals surface area contributed by atoms with Crippen molar-refractivity contribution in [2.45, 2.75) is 32.6 Å². The van der Waals surface area contributed by atoms with Crippen LogP contribution in [0.1, 0.15) is 43.0 Å². The van der Waals surface area contributed by atoms with E-state index in [2.05, 4.69) is 6.92 Å². The maximum Gasteiger partial charge on any atom is 0.166 e. The van der Waals surface area contributed by atoms with Gasteiger partial charge in [0.25, 0.3) is 0 Å². The Hall–Kier alpha value is -1.38. The van der Waals surface area contributed by atoms with Gasteiger partial charge in [0.1, 0.15) is 0 Å². The Morgan fingerprint density at radius 1 is 1.44 bits per heavy atom. The minimum atomic E-state index is -0.464. The summed E-state index contributed by atoms with van der Waals surface area (Å²) in [7, 11) is 1.42. The molecule has 1 aromatic rings. The molecular formula is C15H19FO2. The summed E-state index contributed by atoms with van der Waals surface area (Å²) in [6, 6.07) is 4.47. The molecule has 0 heterocycles. The van der Waals surface area contributed by atoms with Crippen LogP contribution in [0.4, 0.5) is 4.39 Å². The van der Waals surface area contributed by atoms with Crippen LogP contribution in [0.25, 0.3) is 0 Å². The average molecular weight is 250 g/mol. The highest BCUT2D eigenvalue weighted by Gasteiger charge is 2.29. The quantitative estimate of drug-likeness (QED) is 0.759. The van der Waals surface area contributed by atoms with Gasteiger partial charge in [-0.05, 0) is 43.4 Å². The van der Waals surface area contributed by atoms with E-state index in [0.717, 1.165) is 25.7 Å². The third-order valence-corrected chi connectivity index (χ3v) is 3.93. The highest BCUT2D eigenvalue weighted by molar-refractivity contribution is 5.98. The van der Waals surface area contributed by atoms with E-state index in [0.29, 0.717) is 11.5 Å². The molecule has 2 unspecified atom stereocenters. The molecule has 18 heavy (non-hydrogen) atoms. The first-order chi connectivity index (χ1) is 8.65. The average Bonchev–Trinajstić information content (AvgIpc) is 2.86. The number of carbonyl (C=O) groups excluding carboxylic acids is 1. The molecule has 0 bridgehead atoms.